The zero-order valence-corrected chi connectivity index (χ0v) is 9.35. The van der Waals surface area contributed by atoms with Gasteiger partial charge in [-0.1, -0.05) is 6.92 Å². The Kier molecular flexibility index (Phi) is 3.68. The van der Waals surface area contributed by atoms with Crippen molar-refractivity contribution >= 4 is 11.9 Å². The number of hydrogen-bond donors (Lipinski definition) is 0. The second-order valence-electron chi connectivity index (χ2n) is 3.75. The molecule has 0 amide bonds. The number of carbonyl (C=O) groups is 2. The van der Waals surface area contributed by atoms with Crippen LogP contribution in [0, 0.1) is 5.92 Å². The van der Waals surface area contributed by atoms with Gasteiger partial charge in [0.15, 0.2) is 6.10 Å². The van der Waals surface area contributed by atoms with Crippen molar-refractivity contribution in [3.63, 3.8) is 0 Å². The zero-order chi connectivity index (χ0) is 11.6. The Balaban J connectivity index is 2.68. The first-order chi connectivity index (χ1) is 6.91. The van der Waals surface area contributed by atoms with Crippen LogP contribution in [0.15, 0.2) is 0 Å². The lowest BCUT2D eigenvalue weighted by Gasteiger charge is -2.19. The highest BCUT2D eigenvalue weighted by atomic mass is 16.7. The highest BCUT2D eigenvalue weighted by Gasteiger charge is 2.44. The first-order valence-electron chi connectivity index (χ1n) is 4.91. The summed E-state index contributed by atoms with van der Waals surface area (Å²) in [5, 5.41) is 0. The van der Waals surface area contributed by atoms with Crippen molar-refractivity contribution in [2.75, 3.05) is 0 Å². The third-order valence-electron chi connectivity index (χ3n) is 2.46. The highest BCUT2D eigenvalue weighted by molar-refractivity contribution is 5.67. The van der Waals surface area contributed by atoms with E-state index in [0.717, 1.165) is 0 Å². The third kappa shape index (κ3) is 2.92. The van der Waals surface area contributed by atoms with E-state index in [-0.39, 0.29) is 12.0 Å². The summed E-state index contributed by atoms with van der Waals surface area (Å²) in [6, 6.07) is 0. The molecule has 1 fully saturated rings. The summed E-state index contributed by atoms with van der Waals surface area (Å²) in [5.74, 6) is -0.835. The van der Waals surface area contributed by atoms with Crippen molar-refractivity contribution in [3.05, 3.63) is 0 Å². The number of esters is 2. The molecule has 5 nitrogen and oxygen atoms in total. The standard InChI is InChI=1S/C10H16O5/c1-5-6(2)13-10(15-8(4)12)9(5)14-7(3)11/h5-6,9-10H,1-4H3/t5-,6?,9?,10?/m0/s1. The maximum Gasteiger partial charge on any atom is 0.305 e. The van der Waals surface area contributed by atoms with Crippen LogP contribution in [0.5, 0.6) is 0 Å². The van der Waals surface area contributed by atoms with E-state index in [1.165, 1.54) is 13.8 Å². The Bertz CT molecular complexity index is 263. The van der Waals surface area contributed by atoms with Gasteiger partial charge in [-0.2, -0.15) is 0 Å². The van der Waals surface area contributed by atoms with E-state index in [1.54, 1.807) is 0 Å². The normalized spacial score (nSPS) is 34.9. The number of hydrogen-bond acceptors (Lipinski definition) is 5. The summed E-state index contributed by atoms with van der Waals surface area (Å²) in [5.41, 5.74) is 0. The first kappa shape index (κ1) is 12.0. The second-order valence-corrected chi connectivity index (χ2v) is 3.75. The molecule has 5 heteroatoms. The molecule has 0 aromatic carbocycles. The topological polar surface area (TPSA) is 61.8 Å². The Labute approximate surface area is 88.7 Å². The Morgan fingerprint density at radius 3 is 2.07 bits per heavy atom. The van der Waals surface area contributed by atoms with Crippen LogP contribution < -0.4 is 0 Å². The van der Waals surface area contributed by atoms with Crippen LogP contribution in [0.1, 0.15) is 27.7 Å². The summed E-state index contributed by atoms with van der Waals surface area (Å²) in [6.07, 6.45) is -1.39. The summed E-state index contributed by atoms with van der Waals surface area (Å²) in [4.78, 5) is 21.7. The largest absolute Gasteiger partial charge is 0.455 e. The van der Waals surface area contributed by atoms with E-state index in [9.17, 15) is 9.59 Å². The van der Waals surface area contributed by atoms with Crippen molar-refractivity contribution in [2.24, 2.45) is 5.92 Å². The van der Waals surface area contributed by atoms with Crippen LogP contribution in [-0.4, -0.2) is 30.4 Å². The van der Waals surface area contributed by atoms with E-state index in [1.807, 2.05) is 13.8 Å². The van der Waals surface area contributed by atoms with Crippen molar-refractivity contribution in [3.8, 4) is 0 Å². The van der Waals surface area contributed by atoms with Gasteiger partial charge in [-0.3, -0.25) is 9.59 Å². The molecule has 15 heavy (non-hydrogen) atoms. The fourth-order valence-electron chi connectivity index (χ4n) is 1.54. The van der Waals surface area contributed by atoms with E-state index in [4.69, 9.17) is 14.2 Å². The van der Waals surface area contributed by atoms with Crippen LogP contribution in [0.25, 0.3) is 0 Å². The lowest BCUT2D eigenvalue weighted by molar-refractivity contribution is -0.193. The van der Waals surface area contributed by atoms with E-state index in [2.05, 4.69) is 0 Å². The minimum Gasteiger partial charge on any atom is -0.455 e. The summed E-state index contributed by atoms with van der Waals surface area (Å²) in [7, 11) is 0. The van der Waals surface area contributed by atoms with Gasteiger partial charge in [0.05, 0.1) is 6.10 Å². The third-order valence-corrected chi connectivity index (χ3v) is 2.46. The van der Waals surface area contributed by atoms with Gasteiger partial charge in [0, 0.05) is 19.8 Å². The molecule has 1 saturated heterocycles. The van der Waals surface area contributed by atoms with Gasteiger partial charge in [0.1, 0.15) is 0 Å². The first-order valence-corrected chi connectivity index (χ1v) is 4.91. The molecule has 3 unspecified atom stereocenters. The minimum absolute atomic E-state index is 0.0123. The van der Waals surface area contributed by atoms with Crippen molar-refractivity contribution in [1.82, 2.24) is 0 Å². The predicted octanol–water partition coefficient (Wildman–Crippen LogP) is 0.862. The smallest absolute Gasteiger partial charge is 0.305 e. The molecule has 0 aromatic rings. The van der Waals surface area contributed by atoms with Crippen LogP contribution in [0.4, 0.5) is 0 Å². The van der Waals surface area contributed by atoms with E-state index < -0.39 is 24.3 Å². The molecular weight excluding hydrogens is 200 g/mol. The second kappa shape index (κ2) is 4.61. The molecule has 1 rings (SSSR count). The molecule has 0 N–H and O–H groups in total. The van der Waals surface area contributed by atoms with Crippen LogP contribution in [0.2, 0.25) is 0 Å². The molecule has 1 aliphatic rings. The molecule has 0 radical (unpaired) electrons. The Morgan fingerprint density at radius 2 is 1.60 bits per heavy atom. The zero-order valence-electron chi connectivity index (χ0n) is 9.35. The van der Waals surface area contributed by atoms with Gasteiger partial charge in [-0.05, 0) is 6.92 Å². The maximum absolute atomic E-state index is 10.9. The van der Waals surface area contributed by atoms with Crippen LogP contribution in [-0.2, 0) is 23.8 Å². The molecule has 0 saturated carbocycles. The highest BCUT2D eigenvalue weighted by Crippen LogP contribution is 2.29. The molecule has 0 bridgehead atoms. The fourth-order valence-corrected chi connectivity index (χ4v) is 1.54. The van der Waals surface area contributed by atoms with Gasteiger partial charge >= 0.3 is 11.9 Å². The van der Waals surface area contributed by atoms with Gasteiger partial charge in [-0.25, -0.2) is 0 Å². The molecule has 0 aromatic heterocycles. The van der Waals surface area contributed by atoms with Gasteiger partial charge < -0.3 is 14.2 Å². The summed E-state index contributed by atoms with van der Waals surface area (Å²) >= 11 is 0. The average Bonchev–Trinajstić information content (AvgIpc) is 2.31. The minimum atomic E-state index is -0.781. The Morgan fingerprint density at radius 1 is 1.07 bits per heavy atom. The molecule has 1 heterocycles. The molecule has 1 aliphatic heterocycles. The number of rotatable bonds is 2. The van der Waals surface area contributed by atoms with Gasteiger partial charge in [0.25, 0.3) is 0 Å². The van der Waals surface area contributed by atoms with Crippen molar-refractivity contribution in [1.29, 1.82) is 0 Å². The average molecular weight is 216 g/mol. The molecular formula is C10H16O5. The van der Waals surface area contributed by atoms with Crippen molar-refractivity contribution in [2.45, 2.75) is 46.2 Å². The lowest BCUT2D eigenvalue weighted by atomic mass is 10.0. The number of ether oxygens (including phenoxy) is 3. The van der Waals surface area contributed by atoms with Gasteiger partial charge in [-0.15, -0.1) is 0 Å². The van der Waals surface area contributed by atoms with E-state index in [0.29, 0.717) is 0 Å². The Hall–Kier alpha value is -1.10. The molecule has 86 valence electrons. The summed E-state index contributed by atoms with van der Waals surface area (Å²) in [6.45, 7) is 6.36. The fraction of sp³-hybridized carbons (Fsp3) is 0.800. The number of carbonyl (C=O) groups excluding carboxylic acids is 2. The molecule has 4 atom stereocenters. The SMILES string of the molecule is CC(=O)OC1OC(C)[C@H](C)C1OC(C)=O. The maximum atomic E-state index is 10.9. The van der Waals surface area contributed by atoms with E-state index >= 15 is 0 Å². The van der Waals surface area contributed by atoms with Crippen molar-refractivity contribution < 1.29 is 23.8 Å². The molecule has 0 aliphatic carbocycles. The monoisotopic (exact) mass is 216 g/mol. The molecule has 0 spiro atoms. The lowest BCUT2D eigenvalue weighted by Crippen LogP contribution is -2.33. The van der Waals surface area contributed by atoms with Gasteiger partial charge in [0.2, 0.25) is 6.29 Å². The van der Waals surface area contributed by atoms with Crippen LogP contribution >= 0.6 is 0 Å². The predicted molar refractivity (Wildman–Crippen MR) is 50.8 cm³/mol. The van der Waals surface area contributed by atoms with Crippen LogP contribution in [0.3, 0.4) is 0 Å². The summed E-state index contributed by atoms with van der Waals surface area (Å²) < 4.78 is 15.4. The quantitative estimate of drug-likeness (QED) is 0.641.